The van der Waals surface area contributed by atoms with E-state index in [0.29, 0.717) is 71.0 Å². The Morgan fingerprint density at radius 3 is 2.79 bits per heavy atom. The average molecular weight is 576 g/mol. The highest BCUT2D eigenvalue weighted by Crippen LogP contribution is 2.44. The lowest BCUT2D eigenvalue weighted by atomic mass is 9.99. The van der Waals surface area contributed by atoms with E-state index in [4.69, 9.17) is 4.74 Å². The number of carbonyl (C=O) groups is 1. The second-order valence-corrected chi connectivity index (χ2v) is 10.7. The number of aromatic amines is 1. The Kier molecular flexibility index (Phi) is 6.10. The summed E-state index contributed by atoms with van der Waals surface area (Å²) in [5.74, 6) is -3.32. The Balaban J connectivity index is 1.53. The molecule has 2 aliphatic heterocycles. The van der Waals surface area contributed by atoms with Crippen molar-refractivity contribution in [1.82, 2.24) is 24.4 Å². The minimum absolute atomic E-state index is 0.0684. The fourth-order valence-corrected chi connectivity index (χ4v) is 6.29. The van der Waals surface area contributed by atoms with Crippen LogP contribution in [0.1, 0.15) is 10.4 Å². The summed E-state index contributed by atoms with van der Waals surface area (Å²) in [6, 6.07) is 2.80. The van der Waals surface area contributed by atoms with E-state index in [1.165, 1.54) is 10.8 Å². The number of aromatic nitrogens is 4. The number of H-pyrrole nitrogens is 1. The van der Waals surface area contributed by atoms with Gasteiger partial charge in [-0.1, -0.05) is 0 Å². The van der Waals surface area contributed by atoms with Gasteiger partial charge in [-0.15, -0.1) is 0 Å². The van der Waals surface area contributed by atoms with Crippen molar-refractivity contribution in [2.24, 2.45) is 7.05 Å². The zero-order valence-electron chi connectivity index (χ0n) is 22.9. The number of halogens is 2. The number of carboxylic acid groups (broad SMARTS) is 1. The van der Waals surface area contributed by atoms with Gasteiger partial charge in [-0.05, 0) is 6.07 Å². The molecule has 2 saturated heterocycles. The third-order valence-corrected chi connectivity index (χ3v) is 8.34. The Hall–Kier alpha value is -4.62. The fraction of sp³-hybridized carbons (Fsp3) is 0.310. The van der Waals surface area contributed by atoms with Crippen molar-refractivity contribution in [2.45, 2.75) is 6.04 Å². The summed E-state index contributed by atoms with van der Waals surface area (Å²) in [4.78, 5) is 41.7. The van der Waals surface area contributed by atoms with Crippen LogP contribution in [0.5, 0.6) is 0 Å². The van der Waals surface area contributed by atoms with Crippen LogP contribution in [0.4, 0.5) is 20.2 Å². The standard InChI is InChI=1S/C29H27F2N7O4/c1-32-20-8-19(30)23(31)21-22-25(38-4-3-37-5-6-42-13-15(37)11-38)17(10-33-27(22)35-24(20)21)14-7-16-26(39)18(29(40)41)12-36(2)28(16)34-9-14/h7-10,12,15,32H,3-6,11,13H2,1-2H3,(H,33,35)(H,40,41). The predicted octanol–water partition coefficient (Wildman–Crippen LogP) is 3.17. The molecule has 11 nitrogen and oxygen atoms in total. The average Bonchev–Trinajstić information content (AvgIpc) is 3.39. The molecule has 5 aromatic rings. The molecule has 216 valence electrons. The van der Waals surface area contributed by atoms with Crippen LogP contribution in [0.2, 0.25) is 0 Å². The number of hydrogen-bond donors (Lipinski definition) is 3. The van der Waals surface area contributed by atoms with Crippen LogP contribution in [0.15, 0.2) is 35.5 Å². The van der Waals surface area contributed by atoms with E-state index in [1.807, 2.05) is 0 Å². The molecule has 2 aliphatic rings. The number of hydrogen-bond acceptors (Lipinski definition) is 8. The van der Waals surface area contributed by atoms with Gasteiger partial charge in [0.15, 0.2) is 11.6 Å². The summed E-state index contributed by atoms with van der Waals surface area (Å²) in [7, 11) is 3.25. The largest absolute Gasteiger partial charge is 0.477 e. The van der Waals surface area contributed by atoms with Crippen molar-refractivity contribution in [1.29, 1.82) is 0 Å². The summed E-state index contributed by atoms with van der Waals surface area (Å²) >= 11 is 0. The minimum atomic E-state index is -1.34. The molecule has 6 heterocycles. The van der Waals surface area contributed by atoms with Gasteiger partial charge in [-0.25, -0.2) is 23.5 Å². The van der Waals surface area contributed by atoms with Crippen LogP contribution in [0.3, 0.4) is 0 Å². The van der Waals surface area contributed by atoms with Gasteiger partial charge in [0.25, 0.3) is 0 Å². The number of carboxylic acids is 1. The summed E-state index contributed by atoms with van der Waals surface area (Å²) in [6.45, 7) is 3.96. The number of rotatable bonds is 4. The number of fused-ring (bicyclic) bond motifs is 5. The van der Waals surface area contributed by atoms with Gasteiger partial charge in [-0.2, -0.15) is 0 Å². The van der Waals surface area contributed by atoms with E-state index in [-0.39, 0.29) is 22.4 Å². The maximum absolute atomic E-state index is 15.6. The van der Waals surface area contributed by atoms with E-state index >= 15 is 4.39 Å². The Morgan fingerprint density at radius 2 is 2.00 bits per heavy atom. The van der Waals surface area contributed by atoms with E-state index in [1.54, 1.807) is 32.6 Å². The smallest absolute Gasteiger partial charge is 0.341 e. The molecule has 4 aromatic heterocycles. The lowest BCUT2D eigenvalue weighted by Gasteiger charge is -2.45. The number of aromatic carboxylic acids is 1. The number of morpholine rings is 1. The molecular weight excluding hydrogens is 548 g/mol. The first kappa shape index (κ1) is 26.3. The second-order valence-electron chi connectivity index (χ2n) is 10.7. The maximum Gasteiger partial charge on any atom is 0.341 e. The number of benzene rings is 1. The Labute approximate surface area is 237 Å². The highest BCUT2D eigenvalue weighted by atomic mass is 19.2. The quantitative estimate of drug-likeness (QED) is 0.296. The molecule has 3 N–H and O–H groups in total. The van der Waals surface area contributed by atoms with Gasteiger partial charge in [0.05, 0.1) is 52.3 Å². The van der Waals surface area contributed by atoms with Gasteiger partial charge < -0.3 is 29.6 Å². The number of pyridine rings is 3. The Morgan fingerprint density at radius 1 is 1.17 bits per heavy atom. The molecule has 0 spiro atoms. The monoisotopic (exact) mass is 575 g/mol. The molecule has 1 unspecified atom stereocenters. The lowest BCUT2D eigenvalue weighted by Crippen LogP contribution is -2.58. The van der Waals surface area contributed by atoms with Gasteiger partial charge in [0.2, 0.25) is 5.43 Å². The normalized spacial score (nSPS) is 17.7. The van der Waals surface area contributed by atoms with E-state index in [2.05, 4.69) is 30.1 Å². The molecule has 0 radical (unpaired) electrons. The first-order valence-electron chi connectivity index (χ1n) is 13.6. The third kappa shape index (κ3) is 3.91. The van der Waals surface area contributed by atoms with E-state index < -0.39 is 23.0 Å². The number of ether oxygens (including phenoxy) is 1. The predicted molar refractivity (Wildman–Crippen MR) is 154 cm³/mol. The second kappa shape index (κ2) is 9.74. The van der Waals surface area contributed by atoms with E-state index in [0.717, 1.165) is 19.2 Å². The van der Waals surface area contributed by atoms with Crippen molar-refractivity contribution >= 4 is 50.3 Å². The van der Waals surface area contributed by atoms with Gasteiger partial charge in [-0.3, -0.25) is 9.69 Å². The molecule has 0 aliphatic carbocycles. The highest BCUT2D eigenvalue weighted by molar-refractivity contribution is 6.18. The number of aryl methyl sites for hydroxylation is 1. The third-order valence-electron chi connectivity index (χ3n) is 8.34. The summed E-state index contributed by atoms with van der Waals surface area (Å²) in [5, 5.41) is 13.1. The molecule has 13 heteroatoms. The van der Waals surface area contributed by atoms with Gasteiger partial charge >= 0.3 is 5.97 Å². The molecule has 0 saturated carbocycles. The molecule has 7 rings (SSSR count). The lowest BCUT2D eigenvalue weighted by molar-refractivity contribution is -0.0116. The molecule has 1 atom stereocenters. The van der Waals surface area contributed by atoms with Crippen molar-refractivity contribution in [2.75, 3.05) is 56.7 Å². The van der Waals surface area contributed by atoms with Crippen LogP contribution in [-0.4, -0.2) is 88.0 Å². The first-order valence-corrected chi connectivity index (χ1v) is 13.6. The summed E-state index contributed by atoms with van der Waals surface area (Å²) < 4.78 is 37.8. The number of anilines is 2. The number of piperazine rings is 1. The zero-order valence-corrected chi connectivity index (χ0v) is 22.9. The highest BCUT2D eigenvalue weighted by Gasteiger charge is 2.33. The van der Waals surface area contributed by atoms with Crippen LogP contribution in [0, 0.1) is 11.6 Å². The molecule has 2 fully saturated rings. The number of nitrogens with zero attached hydrogens (tertiary/aromatic N) is 5. The fourth-order valence-electron chi connectivity index (χ4n) is 6.29. The molecule has 1 aromatic carbocycles. The first-order chi connectivity index (χ1) is 20.3. The maximum atomic E-state index is 15.6. The Bertz CT molecular complexity index is 1990. The van der Waals surface area contributed by atoms with Gasteiger partial charge in [0, 0.05) is 76.1 Å². The minimum Gasteiger partial charge on any atom is -0.477 e. The van der Waals surface area contributed by atoms with Gasteiger partial charge in [0.1, 0.15) is 16.9 Å². The van der Waals surface area contributed by atoms with E-state index in [9.17, 15) is 19.1 Å². The van der Waals surface area contributed by atoms with Crippen LogP contribution >= 0.6 is 0 Å². The van der Waals surface area contributed by atoms with Crippen molar-refractivity contribution in [3.8, 4) is 11.1 Å². The molecule has 42 heavy (non-hydrogen) atoms. The van der Waals surface area contributed by atoms with Crippen molar-refractivity contribution in [3.05, 3.63) is 58.1 Å². The molecule has 0 amide bonds. The molecule has 0 bridgehead atoms. The topological polar surface area (TPSA) is 129 Å². The zero-order chi connectivity index (χ0) is 29.3. The van der Waals surface area contributed by atoms with Crippen LogP contribution in [-0.2, 0) is 11.8 Å². The summed E-state index contributed by atoms with van der Waals surface area (Å²) in [6.07, 6.45) is 4.45. The van der Waals surface area contributed by atoms with Crippen molar-refractivity contribution < 1.29 is 23.4 Å². The number of nitrogens with one attached hydrogen (secondary N) is 2. The SMILES string of the molecule is CNc1cc(F)c(F)c2c1[nH]c1ncc(-c3cnc4c(c3)c(=O)c(C(=O)O)cn4C)c(N3CCN4CCOCC4C3)c12. The van der Waals surface area contributed by atoms with Crippen LogP contribution < -0.4 is 15.6 Å². The van der Waals surface area contributed by atoms with Crippen molar-refractivity contribution in [3.63, 3.8) is 0 Å². The van der Waals surface area contributed by atoms with Crippen LogP contribution in [0.25, 0.3) is 44.1 Å². The summed E-state index contributed by atoms with van der Waals surface area (Å²) in [5.41, 5.74) is 2.10. The molecular formula is C29H27F2N7O4.